The van der Waals surface area contributed by atoms with Crippen molar-refractivity contribution in [3.8, 4) is 0 Å². The van der Waals surface area contributed by atoms with E-state index in [9.17, 15) is 4.79 Å². The van der Waals surface area contributed by atoms with Crippen LogP contribution in [0.3, 0.4) is 0 Å². The van der Waals surface area contributed by atoms with Crippen molar-refractivity contribution in [3.05, 3.63) is 29.3 Å². The first-order valence-corrected chi connectivity index (χ1v) is 7.90. The lowest BCUT2D eigenvalue weighted by Crippen LogP contribution is -2.53. The Kier molecular flexibility index (Phi) is 5.48. The van der Waals surface area contributed by atoms with E-state index >= 15 is 0 Å². The second-order valence-electron chi connectivity index (χ2n) is 6.03. The third-order valence-electron chi connectivity index (χ3n) is 3.81. The van der Waals surface area contributed by atoms with Gasteiger partial charge in [0.15, 0.2) is 0 Å². The molecule has 1 atom stereocenters. The molecule has 1 aromatic rings. The molecular formula is C16H24ClN3O. The fraction of sp³-hybridized carbons (Fsp3) is 0.562. The normalized spacial score (nSPS) is 17.2. The molecule has 1 amide bonds. The van der Waals surface area contributed by atoms with Crippen molar-refractivity contribution in [2.45, 2.75) is 26.3 Å². The van der Waals surface area contributed by atoms with E-state index in [1.165, 1.54) is 0 Å². The molecule has 116 valence electrons. The third kappa shape index (κ3) is 4.35. The number of benzene rings is 1. The topological polar surface area (TPSA) is 49.6 Å². The predicted molar refractivity (Wildman–Crippen MR) is 87.7 cm³/mol. The fourth-order valence-electron chi connectivity index (χ4n) is 2.70. The number of amides is 1. The first kappa shape index (κ1) is 16.1. The number of anilines is 1. The lowest BCUT2D eigenvalue weighted by molar-refractivity contribution is -0.133. The highest BCUT2D eigenvalue weighted by atomic mass is 35.5. The van der Waals surface area contributed by atoms with Gasteiger partial charge in [0.1, 0.15) is 0 Å². The molecule has 1 aliphatic heterocycles. The standard InChI is InChI=1S/C16H24ClN3O/c1-12(2)10-15(18)16(21)20-8-6-19(7-9-20)14-5-3-4-13(17)11-14/h3-5,11-12,15H,6-10,18H2,1-2H3/t15-/m0/s1. The summed E-state index contributed by atoms with van der Waals surface area (Å²) < 4.78 is 0. The van der Waals surface area contributed by atoms with E-state index in [0.29, 0.717) is 5.92 Å². The van der Waals surface area contributed by atoms with Crippen molar-refractivity contribution in [1.29, 1.82) is 0 Å². The van der Waals surface area contributed by atoms with Gasteiger partial charge >= 0.3 is 0 Å². The lowest BCUT2D eigenvalue weighted by Gasteiger charge is -2.37. The molecule has 0 radical (unpaired) electrons. The van der Waals surface area contributed by atoms with Gasteiger partial charge in [0.05, 0.1) is 6.04 Å². The average molecular weight is 310 g/mol. The first-order chi connectivity index (χ1) is 9.97. The molecular weight excluding hydrogens is 286 g/mol. The maximum Gasteiger partial charge on any atom is 0.239 e. The number of halogens is 1. The SMILES string of the molecule is CC(C)C[C@H](N)C(=O)N1CCN(c2cccc(Cl)c2)CC1. The van der Waals surface area contributed by atoms with E-state index in [2.05, 4.69) is 18.7 Å². The zero-order chi connectivity index (χ0) is 15.4. The third-order valence-corrected chi connectivity index (χ3v) is 4.04. The van der Waals surface area contributed by atoms with Crippen LogP contribution >= 0.6 is 11.6 Å². The molecule has 1 saturated heterocycles. The zero-order valence-corrected chi connectivity index (χ0v) is 13.5. The minimum atomic E-state index is -0.372. The molecule has 1 aliphatic rings. The summed E-state index contributed by atoms with van der Waals surface area (Å²) in [5, 5.41) is 0.741. The summed E-state index contributed by atoms with van der Waals surface area (Å²) in [4.78, 5) is 16.4. The Morgan fingerprint density at radius 3 is 2.52 bits per heavy atom. The second-order valence-corrected chi connectivity index (χ2v) is 6.46. The Morgan fingerprint density at radius 1 is 1.29 bits per heavy atom. The number of rotatable bonds is 4. The van der Waals surface area contributed by atoms with E-state index in [4.69, 9.17) is 17.3 Å². The number of hydrogen-bond donors (Lipinski definition) is 1. The zero-order valence-electron chi connectivity index (χ0n) is 12.8. The van der Waals surface area contributed by atoms with E-state index in [0.717, 1.165) is 43.3 Å². The molecule has 21 heavy (non-hydrogen) atoms. The second kappa shape index (κ2) is 7.14. The Bertz CT molecular complexity index is 484. The molecule has 2 rings (SSSR count). The van der Waals surface area contributed by atoms with E-state index < -0.39 is 0 Å². The maximum atomic E-state index is 12.3. The quantitative estimate of drug-likeness (QED) is 0.929. The van der Waals surface area contributed by atoms with Crippen LogP contribution in [0.15, 0.2) is 24.3 Å². The van der Waals surface area contributed by atoms with Crippen LogP contribution in [0.25, 0.3) is 0 Å². The van der Waals surface area contributed by atoms with Crippen molar-refractivity contribution >= 4 is 23.2 Å². The highest BCUT2D eigenvalue weighted by Crippen LogP contribution is 2.21. The molecule has 1 fully saturated rings. The summed E-state index contributed by atoms with van der Waals surface area (Å²) in [5.74, 6) is 0.520. The molecule has 0 bridgehead atoms. The number of nitrogens with two attached hydrogens (primary N) is 1. The van der Waals surface area contributed by atoms with Crippen molar-refractivity contribution in [2.24, 2.45) is 11.7 Å². The van der Waals surface area contributed by atoms with E-state index in [1.807, 2.05) is 29.2 Å². The molecule has 0 spiro atoms. The molecule has 5 heteroatoms. The Hall–Kier alpha value is -1.26. The summed E-state index contributed by atoms with van der Waals surface area (Å²) in [7, 11) is 0. The first-order valence-electron chi connectivity index (χ1n) is 7.52. The minimum Gasteiger partial charge on any atom is -0.368 e. The lowest BCUT2D eigenvalue weighted by atomic mass is 10.0. The van der Waals surface area contributed by atoms with Crippen molar-refractivity contribution in [1.82, 2.24) is 4.90 Å². The summed E-state index contributed by atoms with van der Waals surface area (Å²) in [5.41, 5.74) is 7.10. The maximum absolute atomic E-state index is 12.3. The molecule has 0 aromatic heterocycles. The van der Waals surface area contributed by atoms with Gasteiger partial charge in [-0.25, -0.2) is 0 Å². The van der Waals surface area contributed by atoms with Gasteiger partial charge in [-0.15, -0.1) is 0 Å². The number of carbonyl (C=O) groups excluding carboxylic acids is 1. The van der Waals surface area contributed by atoms with Gasteiger partial charge < -0.3 is 15.5 Å². The van der Waals surface area contributed by atoms with E-state index in [-0.39, 0.29) is 11.9 Å². The number of piperazine rings is 1. The van der Waals surface area contributed by atoms with Crippen LogP contribution in [0.1, 0.15) is 20.3 Å². The summed E-state index contributed by atoms with van der Waals surface area (Å²) >= 11 is 6.03. The van der Waals surface area contributed by atoms with Crippen LogP contribution in [0.2, 0.25) is 5.02 Å². The summed E-state index contributed by atoms with van der Waals surface area (Å²) in [6, 6.07) is 7.46. The Balaban J connectivity index is 1.89. The van der Waals surface area contributed by atoms with Crippen LogP contribution in [0.4, 0.5) is 5.69 Å². The van der Waals surface area contributed by atoms with Crippen LogP contribution in [-0.2, 0) is 4.79 Å². The average Bonchev–Trinajstić information content (AvgIpc) is 2.46. The van der Waals surface area contributed by atoms with Crippen molar-refractivity contribution < 1.29 is 4.79 Å². The monoisotopic (exact) mass is 309 g/mol. The highest BCUT2D eigenvalue weighted by molar-refractivity contribution is 6.30. The van der Waals surface area contributed by atoms with Crippen LogP contribution < -0.4 is 10.6 Å². The van der Waals surface area contributed by atoms with Gasteiger partial charge in [0, 0.05) is 36.9 Å². The highest BCUT2D eigenvalue weighted by Gasteiger charge is 2.25. The predicted octanol–water partition coefficient (Wildman–Crippen LogP) is 2.36. The van der Waals surface area contributed by atoms with Gasteiger partial charge in [0.2, 0.25) is 5.91 Å². The largest absolute Gasteiger partial charge is 0.368 e. The van der Waals surface area contributed by atoms with Gasteiger partial charge in [0.25, 0.3) is 0 Å². The van der Waals surface area contributed by atoms with Gasteiger partial charge in [-0.1, -0.05) is 31.5 Å². The molecule has 2 N–H and O–H groups in total. The van der Waals surface area contributed by atoms with Crippen molar-refractivity contribution in [3.63, 3.8) is 0 Å². The van der Waals surface area contributed by atoms with Crippen LogP contribution in [0, 0.1) is 5.92 Å². The molecule has 0 unspecified atom stereocenters. The molecule has 4 nitrogen and oxygen atoms in total. The minimum absolute atomic E-state index is 0.0782. The van der Waals surface area contributed by atoms with Crippen LogP contribution in [-0.4, -0.2) is 43.0 Å². The molecule has 0 aliphatic carbocycles. The summed E-state index contributed by atoms with van der Waals surface area (Å²) in [6.07, 6.45) is 0.743. The smallest absolute Gasteiger partial charge is 0.239 e. The number of nitrogens with zero attached hydrogens (tertiary/aromatic N) is 2. The number of hydrogen-bond acceptors (Lipinski definition) is 3. The van der Waals surface area contributed by atoms with Crippen LogP contribution in [0.5, 0.6) is 0 Å². The Morgan fingerprint density at radius 2 is 1.95 bits per heavy atom. The van der Waals surface area contributed by atoms with Gasteiger partial charge in [-0.3, -0.25) is 4.79 Å². The van der Waals surface area contributed by atoms with E-state index in [1.54, 1.807) is 0 Å². The van der Waals surface area contributed by atoms with Gasteiger partial charge in [-0.2, -0.15) is 0 Å². The molecule has 0 saturated carbocycles. The molecule has 1 aromatic carbocycles. The Labute approximate surface area is 131 Å². The summed E-state index contributed by atoms with van der Waals surface area (Å²) in [6.45, 7) is 7.25. The van der Waals surface area contributed by atoms with Gasteiger partial charge in [-0.05, 0) is 30.5 Å². The fourth-order valence-corrected chi connectivity index (χ4v) is 2.89. The molecule has 1 heterocycles. The van der Waals surface area contributed by atoms with Crippen molar-refractivity contribution in [2.75, 3.05) is 31.1 Å². The number of carbonyl (C=O) groups is 1.